The molecule has 0 N–H and O–H groups in total. The summed E-state index contributed by atoms with van der Waals surface area (Å²) < 4.78 is 18.9. The fraction of sp³-hybridized carbons (Fsp3) is 0.346. The van der Waals surface area contributed by atoms with Crippen LogP contribution in [0.3, 0.4) is 0 Å². The number of ether oxygens (including phenoxy) is 2. The first kappa shape index (κ1) is 24.6. The summed E-state index contributed by atoms with van der Waals surface area (Å²) in [5, 5.41) is 0. The monoisotopic (exact) mass is 525 g/mol. The number of carbonyl (C=O) groups is 1. The zero-order valence-corrected chi connectivity index (χ0v) is 22.0. The molecule has 36 heavy (non-hydrogen) atoms. The number of morpholine rings is 1. The average molecular weight is 526 g/mol. The van der Waals surface area contributed by atoms with Gasteiger partial charge in [-0.15, -0.1) is 11.8 Å². The van der Waals surface area contributed by atoms with E-state index in [-0.39, 0.29) is 12.2 Å². The topological polar surface area (TPSA) is 86.3 Å². The second-order valence-corrected chi connectivity index (χ2v) is 10.2. The van der Waals surface area contributed by atoms with Gasteiger partial charge in [0.25, 0.3) is 5.56 Å². The average Bonchev–Trinajstić information content (AvgIpc) is 3.48. The summed E-state index contributed by atoms with van der Waals surface area (Å²) in [6.07, 6.45) is 3.75. The zero-order chi connectivity index (χ0) is 25.2. The van der Waals surface area contributed by atoms with Crippen molar-refractivity contribution in [1.82, 2.24) is 4.57 Å². The highest BCUT2D eigenvalue weighted by Crippen LogP contribution is 2.31. The minimum Gasteiger partial charge on any atom is -0.463 e. The van der Waals surface area contributed by atoms with Crippen LogP contribution in [0.15, 0.2) is 66.8 Å². The van der Waals surface area contributed by atoms with Crippen molar-refractivity contribution in [2.75, 3.05) is 44.1 Å². The SMILES string of the molecule is CCOC(=O)C1=C(C)N=c2s/c(=C\c3ccc(N4CCOCC4)o3)c(=O)n2C1c1ccc(SC)cc1. The number of thiazole rings is 1. The highest BCUT2D eigenvalue weighted by Gasteiger charge is 2.33. The van der Waals surface area contributed by atoms with Gasteiger partial charge in [-0.3, -0.25) is 9.36 Å². The number of thioether (sulfide) groups is 1. The number of nitrogens with zero attached hydrogens (tertiary/aromatic N) is 3. The van der Waals surface area contributed by atoms with Crippen LogP contribution < -0.4 is 19.8 Å². The first-order valence-corrected chi connectivity index (χ1v) is 13.8. The summed E-state index contributed by atoms with van der Waals surface area (Å²) in [7, 11) is 0. The van der Waals surface area contributed by atoms with Crippen molar-refractivity contribution in [1.29, 1.82) is 0 Å². The first-order chi connectivity index (χ1) is 17.5. The van der Waals surface area contributed by atoms with E-state index >= 15 is 0 Å². The minimum absolute atomic E-state index is 0.226. The molecule has 5 rings (SSSR count). The van der Waals surface area contributed by atoms with Crippen molar-refractivity contribution in [3.8, 4) is 0 Å². The molecular weight excluding hydrogens is 498 g/mol. The fourth-order valence-electron chi connectivity index (χ4n) is 4.40. The second-order valence-electron chi connectivity index (χ2n) is 8.35. The lowest BCUT2D eigenvalue weighted by molar-refractivity contribution is -0.139. The van der Waals surface area contributed by atoms with Gasteiger partial charge in [-0.1, -0.05) is 23.5 Å². The molecule has 10 heteroatoms. The Bertz CT molecular complexity index is 1480. The number of esters is 1. The first-order valence-electron chi connectivity index (χ1n) is 11.8. The maximum absolute atomic E-state index is 13.7. The molecule has 1 atom stereocenters. The van der Waals surface area contributed by atoms with E-state index in [1.54, 1.807) is 36.3 Å². The molecule has 1 aromatic carbocycles. The third-order valence-corrected chi connectivity index (χ3v) is 7.88. The quantitative estimate of drug-likeness (QED) is 0.361. The third-order valence-electron chi connectivity index (χ3n) is 6.16. The van der Waals surface area contributed by atoms with E-state index in [4.69, 9.17) is 13.9 Å². The number of fused-ring (bicyclic) bond motifs is 1. The molecule has 0 aliphatic carbocycles. The smallest absolute Gasteiger partial charge is 0.338 e. The van der Waals surface area contributed by atoms with E-state index < -0.39 is 12.0 Å². The molecule has 0 bridgehead atoms. The third kappa shape index (κ3) is 4.68. The number of anilines is 1. The van der Waals surface area contributed by atoms with E-state index in [1.165, 1.54) is 11.3 Å². The second kappa shape index (κ2) is 10.5. The number of carbonyl (C=O) groups excluding carboxylic acids is 1. The molecule has 188 valence electrons. The van der Waals surface area contributed by atoms with Gasteiger partial charge >= 0.3 is 5.97 Å². The molecular formula is C26H27N3O5S2. The Morgan fingerprint density at radius 3 is 2.67 bits per heavy atom. The van der Waals surface area contributed by atoms with E-state index in [0.717, 1.165) is 29.4 Å². The number of allylic oxidation sites excluding steroid dienone is 1. The van der Waals surface area contributed by atoms with Crippen molar-refractivity contribution < 1.29 is 18.7 Å². The predicted octanol–water partition coefficient (Wildman–Crippen LogP) is 2.95. The lowest BCUT2D eigenvalue weighted by Gasteiger charge is -2.26. The maximum Gasteiger partial charge on any atom is 0.338 e. The number of furan rings is 1. The minimum atomic E-state index is -0.626. The summed E-state index contributed by atoms with van der Waals surface area (Å²) in [5.74, 6) is 0.877. The molecule has 2 aliphatic heterocycles. The summed E-state index contributed by atoms with van der Waals surface area (Å²) in [6.45, 7) is 6.64. The van der Waals surface area contributed by atoms with E-state index in [2.05, 4.69) is 9.89 Å². The number of rotatable bonds is 6. The number of hydrogen-bond acceptors (Lipinski definition) is 9. The molecule has 8 nitrogen and oxygen atoms in total. The molecule has 1 fully saturated rings. The van der Waals surface area contributed by atoms with Crippen LogP contribution in [-0.4, -0.2) is 49.7 Å². The highest BCUT2D eigenvalue weighted by molar-refractivity contribution is 7.98. The highest BCUT2D eigenvalue weighted by atomic mass is 32.2. The molecule has 2 aliphatic rings. The van der Waals surface area contributed by atoms with Crippen molar-refractivity contribution in [2.24, 2.45) is 4.99 Å². The van der Waals surface area contributed by atoms with Gasteiger partial charge in [0.2, 0.25) is 0 Å². The Balaban J connectivity index is 1.60. The van der Waals surface area contributed by atoms with Crippen molar-refractivity contribution in [3.05, 3.63) is 78.7 Å². The Morgan fingerprint density at radius 1 is 1.22 bits per heavy atom. The molecule has 2 aromatic heterocycles. The zero-order valence-electron chi connectivity index (χ0n) is 20.4. The Kier molecular flexibility index (Phi) is 7.17. The van der Waals surface area contributed by atoms with E-state index in [1.807, 2.05) is 42.7 Å². The van der Waals surface area contributed by atoms with Crippen LogP contribution >= 0.6 is 23.1 Å². The number of aromatic nitrogens is 1. The van der Waals surface area contributed by atoms with Gasteiger partial charge < -0.3 is 18.8 Å². The standard InChI is InChI=1S/C26H27N3O5S2/c1-4-33-25(31)22-16(2)27-26-29(23(22)17-5-8-19(35-3)9-6-17)24(30)20(36-26)15-18-7-10-21(34-18)28-11-13-32-14-12-28/h5-10,15,23H,4,11-14H2,1-3H3/b20-15-. The predicted molar refractivity (Wildman–Crippen MR) is 140 cm³/mol. The van der Waals surface area contributed by atoms with Gasteiger partial charge in [0.15, 0.2) is 10.7 Å². The van der Waals surface area contributed by atoms with Gasteiger partial charge in [0, 0.05) is 30.1 Å². The molecule has 0 saturated carbocycles. The Hall–Kier alpha value is -3.08. The molecule has 1 unspecified atom stereocenters. The van der Waals surface area contributed by atoms with Crippen LogP contribution in [0.5, 0.6) is 0 Å². The van der Waals surface area contributed by atoms with Crippen LogP contribution in [0.25, 0.3) is 6.08 Å². The van der Waals surface area contributed by atoms with Gasteiger partial charge in [0.1, 0.15) is 5.76 Å². The van der Waals surface area contributed by atoms with Crippen LogP contribution in [0.2, 0.25) is 0 Å². The van der Waals surface area contributed by atoms with E-state index in [0.29, 0.717) is 39.6 Å². The number of benzene rings is 1. The summed E-state index contributed by atoms with van der Waals surface area (Å²) in [5.41, 5.74) is 1.52. The number of hydrogen-bond donors (Lipinski definition) is 0. The fourth-order valence-corrected chi connectivity index (χ4v) is 5.83. The molecule has 1 saturated heterocycles. The summed E-state index contributed by atoms with van der Waals surface area (Å²) >= 11 is 2.91. The molecule has 0 amide bonds. The van der Waals surface area contributed by atoms with Gasteiger partial charge in [0.05, 0.1) is 41.7 Å². The summed E-state index contributed by atoms with van der Waals surface area (Å²) in [4.78, 5) is 35.1. The van der Waals surface area contributed by atoms with Crippen molar-refractivity contribution in [3.63, 3.8) is 0 Å². The Labute approximate surface area is 216 Å². The van der Waals surface area contributed by atoms with Crippen LogP contribution in [-0.2, 0) is 14.3 Å². The normalized spacial score (nSPS) is 18.2. The van der Waals surface area contributed by atoms with Crippen LogP contribution in [0.4, 0.5) is 5.88 Å². The molecule has 3 aromatic rings. The van der Waals surface area contributed by atoms with Crippen molar-refractivity contribution >= 4 is 41.0 Å². The molecule has 0 spiro atoms. The van der Waals surface area contributed by atoms with Crippen molar-refractivity contribution in [2.45, 2.75) is 24.8 Å². The van der Waals surface area contributed by atoms with E-state index in [9.17, 15) is 9.59 Å². The maximum atomic E-state index is 13.7. The van der Waals surface area contributed by atoms with Gasteiger partial charge in [-0.2, -0.15) is 0 Å². The molecule has 4 heterocycles. The van der Waals surface area contributed by atoms with Gasteiger partial charge in [-0.25, -0.2) is 9.79 Å². The Morgan fingerprint density at radius 2 is 1.97 bits per heavy atom. The lowest BCUT2D eigenvalue weighted by Crippen LogP contribution is -2.39. The van der Waals surface area contributed by atoms with Crippen LogP contribution in [0, 0.1) is 0 Å². The van der Waals surface area contributed by atoms with Crippen LogP contribution in [0.1, 0.15) is 31.2 Å². The molecule has 0 radical (unpaired) electrons. The largest absolute Gasteiger partial charge is 0.463 e. The summed E-state index contributed by atoms with van der Waals surface area (Å²) in [6, 6.07) is 11.0. The lowest BCUT2D eigenvalue weighted by atomic mass is 9.96. The van der Waals surface area contributed by atoms with Gasteiger partial charge in [-0.05, 0) is 43.9 Å².